The van der Waals surface area contributed by atoms with Gasteiger partial charge in [-0.1, -0.05) is 13.8 Å². The quantitative estimate of drug-likeness (QED) is 0.652. The number of nitro groups is 1. The fourth-order valence-electron chi connectivity index (χ4n) is 1.46. The summed E-state index contributed by atoms with van der Waals surface area (Å²) in [6.07, 6.45) is 0. The molecule has 0 aromatic heterocycles. The van der Waals surface area contributed by atoms with E-state index in [1.54, 1.807) is 13.8 Å². The van der Waals surface area contributed by atoms with Crippen molar-refractivity contribution in [3.63, 3.8) is 0 Å². The van der Waals surface area contributed by atoms with Gasteiger partial charge in [-0.15, -0.1) is 12.4 Å². The van der Waals surface area contributed by atoms with Crippen molar-refractivity contribution in [2.75, 3.05) is 6.61 Å². The predicted octanol–water partition coefficient (Wildman–Crippen LogP) is 2.17. The number of benzene rings is 1. The van der Waals surface area contributed by atoms with Crippen LogP contribution in [0.1, 0.15) is 25.5 Å². The number of halogens is 2. The van der Waals surface area contributed by atoms with Crippen molar-refractivity contribution in [1.29, 1.82) is 0 Å². The van der Waals surface area contributed by atoms with E-state index in [1.807, 2.05) is 0 Å². The van der Waals surface area contributed by atoms with Crippen molar-refractivity contribution in [3.05, 3.63) is 39.7 Å². The maximum atomic E-state index is 13.1. The van der Waals surface area contributed by atoms with E-state index >= 15 is 0 Å². The van der Waals surface area contributed by atoms with Crippen LogP contribution in [0.5, 0.6) is 0 Å². The SMILES string of the molecule is CC(C)(CO)[C@H](N)c1cc(F)ccc1[N+](=O)[O-].Cl. The number of nitro benzene ring substituents is 1. The molecule has 0 saturated heterocycles. The Balaban J connectivity index is 0.00000289. The first-order valence-electron chi connectivity index (χ1n) is 5.10. The van der Waals surface area contributed by atoms with Crippen LogP contribution >= 0.6 is 12.4 Å². The maximum Gasteiger partial charge on any atom is 0.274 e. The zero-order valence-corrected chi connectivity index (χ0v) is 10.9. The van der Waals surface area contributed by atoms with Gasteiger partial charge in [0.1, 0.15) is 5.82 Å². The molecule has 1 rings (SSSR count). The van der Waals surface area contributed by atoms with Gasteiger partial charge in [-0.05, 0) is 12.1 Å². The molecule has 0 spiro atoms. The van der Waals surface area contributed by atoms with Crippen LogP contribution in [0.15, 0.2) is 18.2 Å². The molecule has 0 heterocycles. The van der Waals surface area contributed by atoms with Gasteiger partial charge in [-0.3, -0.25) is 10.1 Å². The van der Waals surface area contributed by atoms with E-state index in [9.17, 15) is 19.6 Å². The van der Waals surface area contributed by atoms with Crippen molar-refractivity contribution >= 4 is 18.1 Å². The summed E-state index contributed by atoms with van der Waals surface area (Å²) in [4.78, 5) is 10.2. The monoisotopic (exact) mass is 278 g/mol. The molecule has 5 nitrogen and oxygen atoms in total. The summed E-state index contributed by atoms with van der Waals surface area (Å²) in [5, 5.41) is 20.0. The van der Waals surface area contributed by atoms with Gasteiger partial charge in [-0.2, -0.15) is 0 Å². The van der Waals surface area contributed by atoms with Gasteiger partial charge < -0.3 is 10.8 Å². The van der Waals surface area contributed by atoms with Gasteiger partial charge >= 0.3 is 0 Å². The van der Waals surface area contributed by atoms with Crippen LogP contribution in [0, 0.1) is 21.3 Å². The van der Waals surface area contributed by atoms with E-state index < -0.39 is 22.2 Å². The van der Waals surface area contributed by atoms with Crippen LogP contribution in [-0.2, 0) is 0 Å². The number of hydrogen-bond acceptors (Lipinski definition) is 4. The molecule has 18 heavy (non-hydrogen) atoms. The van der Waals surface area contributed by atoms with Crippen LogP contribution in [0.2, 0.25) is 0 Å². The van der Waals surface area contributed by atoms with Gasteiger partial charge in [0.15, 0.2) is 0 Å². The minimum atomic E-state index is -0.816. The van der Waals surface area contributed by atoms with Crippen molar-refractivity contribution in [2.24, 2.45) is 11.1 Å². The summed E-state index contributed by atoms with van der Waals surface area (Å²) >= 11 is 0. The lowest BCUT2D eigenvalue weighted by molar-refractivity contribution is -0.386. The summed E-state index contributed by atoms with van der Waals surface area (Å²) in [6.45, 7) is 3.07. The molecular weight excluding hydrogens is 263 g/mol. The van der Waals surface area contributed by atoms with Crippen molar-refractivity contribution in [3.8, 4) is 0 Å². The molecule has 102 valence electrons. The number of rotatable bonds is 4. The highest BCUT2D eigenvalue weighted by atomic mass is 35.5. The average molecular weight is 279 g/mol. The molecule has 0 radical (unpaired) electrons. The third-order valence-corrected chi connectivity index (χ3v) is 2.77. The Morgan fingerprint density at radius 1 is 1.56 bits per heavy atom. The first-order chi connectivity index (χ1) is 7.79. The highest BCUT2D eigenvalue weighted by molar-refractivity contribution is 5.85. The Bertz CT molecular complexity index is 440. The second-order valence-electron chi connectivity index (χ2n) is 4.58. The molecule has 0 aliphatic rings. The molecular formula is C11H16ClFN2O3. The Morgan fingerprint density at radius 2 is 2.11 bits per heavy atom. The number of nitrogens with zero attached hydrogens (tertiary/aromatic N) is 1. The lowest BCUT2D eigenvalue weighted by Crippen LogP contribution is -2.33. The summed E-state index contributed by atoms with van der Waals surface area (Å²) < 4.78 is 13.1. The summed E-state index contributed by atoms with van der Waals surface area (Å²) in [5.74, 6) is -0.588. The highest BCUT2D eigenvalue weighted by Gasteiger charge is 2.32. The Hall–Kier alpha value is -1.24. The van der Waals surface area contributed by atoms with Crippen LogP contribution in [0.25, 0.3) is 0 Å². The molecule has 0 aliphatic carbocycles. The Kier molecular flexibility index (Phi) is 5.66. The molecule has 7 heteroatoms. The molecule has 3 N–H and O–H groups in total. The fraction of sp³-hybridized carbons (Fsp3) is 0.455. The topological polar surface area (TPSA) is 89.4 Å². The molecule has 1 aromatic rings. The van der Waals surface area contributed by atoms with Crippen LogP contribution in [0.3, 0.4) is 0 Å². The van der Waals surface area contributed by atoms with Gasteiger partial charge in [-0.25, -0.2) is 4.39 Å². The van der Waals surface area contributed by atoms with Crippen LogP contribution in [0.4, 0.5) is 10.1 Å². The summed E-state index contributed by atoms with van der Waals surface area (Å²) in [6, 6.07) is 2.32. The molecule has 1 atom stereocenters. The normalized spacial score (nSPS) is 12.7. The Labute approximate surface area is 110 Å². The van der Waals surface area contributed by atoms with Gasteiger partial charge in [0, 0.05) is 24.1 Å². The number of nitrogens with two attached hydrogens (primary N) is 1. The lowest BCUT2D eigenvalue weighted by Gasteiger charge is -2.29. The van der Waals surface area contributed by atoms with Crippen LogP contribution in [-0.4, -0.2) is 16.6 Å². The van der Waals surface area contributed by atoms with Gasteiger partial charge in [0.05, 0.1) is 10.5 Å². The van der Waals surface area contributed by atoms with Gasteiger partial charge in [0.2, 0.25) is 0 Å². The van der Waals surface area contributed by atoms with Gasteiger partial charge in [0.25, 0.3) is 5.69 Å². The third kappa shape index (κ3) is 3.38. The van der Waals surface area contributed by atoms with E-state index in [2.05, 4.69) is 0 Å². The highest BCUT2D eigenvalue weighted by Crippen LogP contribution is 2.35. The first-order valence-corrected chi connectivity index (χ1v) is 5.10. The predicted molar refractivity (Wildman–Crippen MR) is 68.1 cm³/mol. The Morgan fingerprint density at radius 3 is 2.56 bits per heavy atom. The first kappa shape index (κ1) is 16.8. The molecule has 0 unspecified atom stereocenters. The largest absolute Gasteiger partial charge is 0.396 e. The molecule has 0 amide bonds. The molecule has 0 fully saturated rings. The lowest BCUT2D eigenvalue weighted by atomic mass is 9.81. The minimum absolute atomic E-state index is 0. The second kappa shape index (κ2) is 6.08. The van der Waals surface area contributed by atoms with E-state index in [0.717, 1.165) is 18.2 Å². The van der Waals surface area contributed by atoms with Crippen LogP contribution < -0.4 is 5.73 Å². The molecule has 0 aliphatic heterocycles. The van der Waals surface area contributed by atoms with Crippen molar-refractivity contribution in [1.82, 2.24) is 0 Å². The zero-order chi connectivity index (χ0) is 13.2. The standard InChI is InChI=1S/C11H15FN2O3.ClH/c1-11(2,6-15)10(13)8-5-7(12)3-4-9(8)14(16)17;/h3-5,10,15H,6,13H2,1-2H3;1H/t10-;/m1./s1. The minimum Gasteiger partial charge on any atom is -0.396 e. The molecule has 0 bridgehead atoms. The third-order valence-electron chi connectivity index (χ3n) is 2.77. The van der Waals surface area contributed by atoms with E-state index in [1.165, 1.54) is 0 Å². The summed E-state index contributed by atoms with van der Waals surface area (Å²) in [7, 11) is 0. The van der Waals surface area contributed by atoms with E-state index in [-0.39, 0.29) is 30.3 Å². The number of aliphatic hydroxyl groups is 1. The van der Waals surface area contributed by atoms with E-state index in [4.69, 9.17) is 5.73 Å². The average Bonchev–Trinajstić information content (AvgIpc) is 2.27. The molecule has 1 aromatic carbocycles. The van der Waals surface area contributed by atoms with E-state index in [0.29, 0.717) is 0 Å². The summed E-state index contributed by atoms with van der Waals surface area (Å²) in [5.41, 5.74) is 4.95. The number of hydrogen-bond donors (Lipinski definition) is 2. The number of aliphatic hydroxyl groups excluding tert-OH is 1. The fourth-order valence-corrected chi connectivity index (χ4v) is 1.46. The smallest absolute Gasteiger partial charge is 0.274 e. The molecule has 0 saturated carbocycles. The maximum absolute atomic E-state index is 13.1. The van der Waals surface area contributed by atoms with Crippen molar-refractivity contribution < 1.29 is 14.4 Å². The second-order valence-corrected chi connectivity index (χ2v) is 4.58. The zero-order valence-electron chi connectivity index (χ0n) is 10.1. The van der Waals surface area contributed by atoms with Crippen molar-refractivity contribution in [2.45, 2.75) is 19.9 Å².